The summed E-state index contributed by atoms with van der Waals surface area (Å²) in [5, 5.41) is 0. The SMILES string of the molecule is CCCCC=CC(C)CCCCCCCC. The molecular formula is C16H32. The highest BCUT2D eigenvalue weighted by atomic mass is 14.0. The molecule has 96 valence electrons. The second-order valence-corrected chi connectivity index (χ2v) is 5.10. The zero-order valence-corrected chi connectivity index (χ0v) is 11.8. The van der Waals surface area contributed by atoms with E-state index in [1.807, 2.05) is 0 Å². The Morgan fingerprint density at radius 1 is 0.812 bits per heavy atom. The predicted molar refractivity (Wildman–Crippen MR) is 75.8 cm³/mol. The Hall–Kier alpha value is -0.260. The summed E-state index contributed by atoms with van der Waals surface area (Å²) < 4.78 is 0. The molecule has 0 fully saturated rings. The van der Waals surface area contributed by atoms with Gasteiger partial charge in [0.05, 0.1) is 0 Å². The van der Waals surface area contributed by atoms with Crippen molar-refractivity contribution in [2.45, 2.75) is 85.0 Å². The number of allylic oxidation sites excluding steroid dienone is 2. The molecule has 0 aromatic heterocycles. The predicted octanol–water partition coefficient (Wildman–Crippen LogP) is 6.12. The van der Waals surface area contributed by atoms with E-state index in [1.165, 1.54) is 64.2 Å². The second-order valence-electron chi connectivity index (χ2n) is 5.10. The minimum atomic E-state index is 0.794. The summed E-state index contributed by atoms with van der Waals surface area (Å²) in [5.74, 6) is 0.794. The van der Waals surface area contributed by atoms with Crippen molar-refractivity contribution < 1.29 is 0 Å². The Kier molecular flexibility index (Phi) is 12.6. The molecule has 0 heteroatoms. The number of rotatable bonds is 11. The molecule has 0 nitrogen and oxygen atoms in total. The lowest BCUT2D eigenvalue weighted by molar-refractivity contribution is 0.542. The molecule has 0 aliphatic carbocycles. The zero-order valence-electron chi connectivity index (χ0n) is 11.8. The van der Waals surface area contributed by atoms with Crippen LogP contribution >= 0.6 is 0 Å². The fraction of sp³-hybridized carbons (Fsp3) is 0.875. The Bertz CT molecular complexity index is 146. The molecular weight excluding hydrogens is 192 g/mol. The fourth-order valence-electron chi connectivity index (χ4n) is 1.99. The summed E-state index contributed by atoms with van der Waals surface area (Å²) in [5.41, 5.74) is 0. The molecule has 0 radical (unpaired) electrons. The topological polar surface area (TPSA) is 0 Å². The fourth-order valence-corrected chi connectivity index (χ4v) is 1.99. The van der Waals surface area contributed by atoms with Crippen LogP contribution in [0.5, 0.6) is 0 Å². The van der Waals surface area contributed by atoms with Gasteiger partial charge in [-0.25, -0.2) is 0 Å². The number of hydrogen-bond donors (Lipinski definition) is 0. The Balaban J connectivity index is 3.22. The van der Waals surface area contributed by atoms with Crippen molar-refractivity contribution in [3.63, 3.8) is 0 Å². The van der Waals surface area contributed by atoms with Crippen LogP contribution in [0.4, 0.5) is 0 Å². The van der Waals surface area contributed by atoms with Crippen molar-refractivity contribution in [3.05, 3.63) is 12.2 Å². The van der Waals surface area contributed by atoms with Gasteiger partial charge < -0.3 is 0 Å². The highest BCUT2D eigenvalue weighted by Crippen LogP contribution is 2.13. The smallest absolute Gasteiger partial charge is 0.0262 e. The van der Waals surface area contributed by atoms with Gasteiger partial charge in [-0.2, -0.15) is 0 Å². The lowest BCUT2D eigenvalue weighted by Crippen LogP contribution is -1.90. The number of unbranched alkanes of at least 4 members (excludes halogenated alkanes) is 7. The van der Waals surface area contributed by atoms with Crippen LogP contribution in [-0.4, -0.2) is 0 Å². The average Bonchev–Trinajstić information content (AvgIpc) is 2.29. The van der Waals surface area contributed by atoms with Gasteiger partial charge in [-0.1, -0.05) is 84.3 Å². The standard InChI is InChI=1S/C16H32/c1-4-6-8-10-11-13-15-16(3)14-12-9-7-5-2/h12,14,16H,4-11,13,15H2,1-3H3. The molecule has 1 atom stereocenters. The zero-order chi connectivity index (χ0) is 12.1. The van der Waals surface area contributed by atoms with Crippen LogP contribution < -0.4 is 0 Å². The van der Waals surface area contributed by atoms with E-state index in [9.17, 15) is 0 Å². The van der Waals surface area contributed by atoms with E-state index >= 15 is 0 Å². The van der Waals surface area contributed by atoms with E-state index in [0.717, 1.165) is 5.92 Å². The van der Waals surface area contributed by atoms with E-state index in [4.69, 9.17) is 0 Å². The molecule has 0 aromatic carbocycles. The van der Waals surface area contributed by atoms with Crippen LogP contribution in [0.2, 0.25) is 0 Å². The molecule has 0 amide bonds. The summed E-state index contributed by atoms with van der Waals surface area (Å²) in [6.45, 7) is 6.89. The van der Waals surface area contributed by atoms with Crippen LogP contribution in [0.25, 0.3) is 0 Å². The van der Waals surface area contributed by atoms with Crippen LogP contribution in [0, 0.1) is 5.92 Å². The minimum Gasteiger partial charge on any atom is -0.0883 e. The van der Waals surface area contributed by atoms with Crippen LogP contribution in [0.15, 0.2) is 12.2 Å². The third kappa shape index (κ3) is 11.8. The summed E-state index contributed by atoms with van der Waals surface area (Å²) in [6.07, 6.45) is 18.6. The Morgan fingerprint density at radius 3 is 2.12 bits per heavy atom. The molecule has 0 spiro atoms. The first-order valence-electron chi connectivity index (χ1n) is 7.47. The molecule has 0 heterocycles. The highest BCUT2D eigenvalue weighted by Gasteiger charge is 1.96. The minimum absolute atomic E-state index is 0.794. The lowest BCUT2D eigenvalue weighted by Gasteiger charge is -2.05. The first-order chi connectivity index (χ1) is 7.81. The van der Waals surface area contributed by atoms with Crippen molar-refractivity contribution in [2.75, 3.05) is 0 Å². The monoisotopic (exact) mass is 224 g/mol. The quantitative estimate of drug-likeness (QED) is 0.293. The maximum Gasteiger partial charge on any atom is -0.0262 e. The van der Waals surface area contributed by atoms with E-state index in [0.29, 0.717) is 0 Å². The van der Waals surface area contributed by atoms with Crippen molar-refractivity contribution >= 4 is 0 Å². The molecule has 0 saturated carbocycles. The summed E-state index contributed by atoms with van der Waals surface area (Å²) in [6, 6.07) is 0. The summed E-state index contributed by atoms with van der Waals surface area (Å²) in [7, 11) is 0. The Labute approximate surface area is 104 Å². The second kappa shape index (κ2) is 12.8. The maximum absolute atomic E-state index is 2.42. The van der Waals surface area contributed by atoms with Gasteiger partial charge >= 0.3 is 0 Å². The van der Waals surface area contributed by atoms with E-state index in [-0.39, 0.29) is 0 Å². The molecule has 16 heavy (non-hydrogen) atoms. The van der Waals surface area contributed by atoms with Gasteiger partial charge in [0.15, 0.2) is 0 Å². The molecule has 0 N–H and O–H groups in total. The maximum atomic E-state index is 2.42. The highest BCUT2D eigenvalue weighted by molar-refractivity contribution is 4.86. The van der Waals surface area contributed by atoms with Gasteiger partial charge in [-0.15, -0.1) is 0 Å². The molecule has 0 aromatic rings. The molecule has 0 rings (SSSR count). The molecule has 0 aliphatic rings. The van der Waals surface area contributed by atoms with Gasteiger partial charge in [0.2, 0.25) is 0 Å². The molecule has 0 saturated heterocycles. The lowest BCUT2D eigenvalue weighted by atomic mass is 10.0. The number of hydrogen-bond acceptors (Lipinski definition) is 0. The first-order valence-corrected chi connectivity index (χ1v) is 7.47. The summed E-state index contributed by atoms with van der Waals surface area (Å²) in [4.78, 5) is 0. The first kappa shape index (κ1) is 15.7. The van der Waals surface area contributed by atoms with Gasteiger partial charge in [0, 0.05) is 0 Å². The van der Waals surface area contributed by atoms with Gasteiger partial charge in [-0.3, -0.25) is 0 Å². The molecule has 1 unspecified atom stereocenters. The molecule has 0 bridgehead atoms. The summed E-state index contributed by atoms with van der Waals surface area (Å²) >= 11 is 0. The van der Waals surface area contributed by atoms with Crippen LogP contribution in [-0.2, 0) is 0 Å². The van der Waals surface area contributed by atoms with Crippen molar-refractivity contribution in [1.29, 1.82) is 0 Å². The van der Waals surface area contributed by atoms with Crippen molar-refractivity contribution in [3.8, 4) is 0 Å². The van der Waals surface area contributed by atoms with Crippen LogP contribution in [0.1, 0.15) is 85.0 Å². The van der Waals surface area contributed by atoms with Crippen LogP contribution in [0.3, 0.4) is 0 Å². The third-order valence-corrected chi connectivity index (χ3v) is 3.20. The van der Waals surface area contributed by atoms with Gasteiger partial charge in [0.25, 0.3) is 0 Å². The van der Waals surface area contributed by atoms with E-state index < -0.39 is 0 Å². The van der Waals surface area contributed by atoms with E-state index in [2.05, 4.69) is 32.9 Å². The Morgan fingerprint density at radius 2 is 1.44 bits per heavy atom. The van der Waals surface area contributed by atoms with Crippen molar-refractivity contribution in [2.24, 2.45) is 5.92 Å². The third-order valence-electron chi connectivity index (χ3n) is 3.20. The van der Waals surface area contributed by atoms with Gasteiger partial charge in [-0.05, 0) is 18.8 Å². The average molecular weight is 224 g/mol. The van der Waals surface area contributed by atoms with Gasteiger partial charge in [0.1, 0.15) is 0 Å². The van der Waals surface area contributed by atoms with Crippen molar-refractivity contribution in [1.82, 2.24) is 0 Å². The normalized spacial score (nSPS) is 13.4. The largest absolute Gasteiger partial charge is 0.0883 e. The van der Waals surface area contributed by atoms with E-state index in [1.54, 1.807) is 0 Å². The molecule has 0 aliphatic heterocycles.